The molecule has 0 saturated carbocycles. The van der Waals surface area contributed by atoms with Gasteiger partial charge in [-0.1, -0.05) is 0 Å². The van der Waals surface area contributed by atoms with Crippen molar-refractivity contribution in [3.05, 3.63) is 39.7 Å². The predicted octanol–water partition coefficient (Wildman–Crippen LogP) is 2.76. The summed E-state index contributed by atoms with van der Waals surface area (Å²) < 4.78 is 18.5. The first-order valence-corrected chi connectivity index (χ1v) is 5.59. The molecule has 1 aromatic rings. The van der Waals surface area contributed by atoms with Gasteiger partial charge in [-0.3, -0.25) is 10.1 Å². The Morgan fingerprint density at radius 2 is 2.11 bits per heavy atom. The highest BCUT2D eigenvalue weighted by Crippen LogP contribution is 2.16. The Morgan fingerprint density at radius 3 is 2.58 bits per heavy atom. The highest BCUT2D eigenvalue weighted by molar-refractivity contribution is 5.67. The van der Waals surface area contributed by atoms with Gasteiger partial charge in [0, 0.05) is 18.2 Å². The van der Waals surface area contributed by atoms with E-state index in [-0.39, 0.29) is 17.8 Å². The molecule has 1 amide bonds. The van der Waals surface area contributed by atoms with Crippen molar-refractivity contribution in [1.82, 2.24) is 5.32 Å². The molecule has 1 rings (SSSR count). The third kappa shape index (κ3) is 4.90. The van der Waals surface area contributed by atoms with Crippen LogP contribution in [0.4, 0.5) is 14.9 Å². The zero-order valence-corrected chi connectivity index (χ0v) is 10.9. The number of nitro groups is 1. The van der Waals surface area contributed by atoms with E-state index in [9.17, 15) is 19.3 Å². The fraction of sp³-hybridized carbons (Fsp3) is 0.417. The number of hydrogen-bond donors (Lipinski definition) is 1. The molecule has 0 radical (unpaired) electrons. The molecule has 0 aliphatic carbocycles. The lowest BCUT2D eigenvalue weighted by Crippen LogP contribution is -2.32. The van der Waals surface area contributed by atoms with Gasteiger partial charge in [0.25, 0.3) is 5.69 Å². The number of rotatable bonds is 3. The summed E-state index contributed by atoms with van der Waals surface area (Å²) >= 11 is 0. The second-order valence-corrected chi connectivity index (χ2v) is 4.89. The maximum atomic E-state index is 13.5. The Hall–Kier alpha value is -2.18. The van der Waals surface area contributed by atoms with Gasteiger partial charge in [-0.2, -0.15) is 0 Å². The number of alkyl carbamates (subject to hydrolysis) is 1. The van der Waals surface area contributed by atoms with Gasteiger partial charge < -0.3 is 10.1 Å². The minimum atomic E-state index is -0.745. The Bertz CT molecular complexity index is 497. The fourth-order valence-corrected chi connectivity index (χ4v) is 1.27. The van der Waals surface area contributed by atoms with E-state index in [0.717, 1.165) is 6.07 Å². The van der Waals surface area contributed by atoms with Gasteiger partial charge in [-0.05, 0) is 26.8 Å². The van der Waals surface area contributed by atoms with E-state index in [1.165, 1.54) is 12.1 Å². The van der Waals surface area contributed by atoms with E-state index in [1.807, 2.05) is 0 Å². The van der Waals surface area contributed by atoms with E-state index < -0.39 is 22.4 Å². The summed E-state index contributed by atoms with van der Waals surface area (Å²) in [5.74, 6) is -0.745. The number of ether oxygens (including phenoxy) is 1. The lowest BCUT2D eigenvalue weighted by molar-refractivity contribution is -0.385. The van der Waals surface area contributed by atoms with Gasteiger partial charge in [0.1, 0.15) is 11.4 Å². The van der Waals surface area contributed by atoms with Crippen LogP contribution in [0.5, 0.6) is 0 Å². The van der Waals surface area contributed by atoms with E-state index in [4.69, 9.17) is 4.74 Å². The molecule has 0 heterocycles. The van der Waals surface area contributed by atoms with Gasteiger partial charge in [-0.15, -0.1) is 0 Å². The van der Waals surface area contributed by atoms with Crippen LogP contribution in [0.3, 0.4) is 0 Å². The average molecular weight is 270 g/mol. The maximum absolute atomic E-state index is 13.5. The highest BCUT2D eigenvalue weighted by Gasteiger charge is 2.16. The summed E-state index contributed by atoms with van der Waals surface area (Å²) in [6, 6.07) is 3.24. The van der Waals surface area contributed by atoms with Gasteiger partial charge >= 0.3 is 6.09 Å². The van der Waals surface area contributed by atoms with Crippen molar-refractivity contribution >= 4 is 11.8 Å². The van der Waals surface area contributed by atoms with Crippen LogP contribution < -0.4 is 5.32 Å². The fourth-order valence-electron chi connectivity index (χ4n) is 1.27. The first kappa shape index (κ1) is 14.9. The Balaban J connectivity index is 2.64. The third-order valence-electron chi connectivity index (χ3n) is 2.07. The maximum Gasteiger partial charge on any atom is 0.407 e. The summed E-state index contributed by atoms with van der Waals surface area (Å²) in [5.41, 5.74) is -0.826. The molecule has 0 saturated heterocycles. The van der Waals surface area contributed by atoms with Crippen molar-refractivity contribution in [2.45, 2.75) is 32.9 Å². The smallest absolute Gasteiger partial charge is 0.407 e. The molecule has 0 aromatic heterocycles. The topological polar surface area (TPSA) is 81.5 Å². The van der Waals surface area contributed by atoms with E-state index >= 15 is 0 Å². The second kappa shape index (κ2) is 5.64. The zero-order chi connectivity index (χ0) is 14.6. The van der Waals surface area contributed by atoms with E-state index in [2.05, 4.69) is 5.32 Å². The van der Waals surface area contributed by atoms with Crippen LogP contribution in [0.15, 0.2) is 18.2 Å². The van der Waals surface area contributed by atoms with Crippen LogP contribution in [-0.4, -0.2) is 16.6 Å². The quantitative estimate of drug-likeness (QED) is 0.676. The van der Waals surface area contributed by atoms with Crippen molar-refractivity contribution in [1.29, 1.82) is 0 Å². The minimum Gasteiger partial charge on any atom is -0.444 e. The number of hydrogen-bond acceptors (Lipinski definition) is 4. The van der Waals surface area contributed by atoms with Crippen molar-refractivity contribution in [2.24, 2.45) is 0 Å². The van der Waals surface area contributed by atoms with Crippen molar-refractivity contribution in [3.63, 3.8) is 0 Å². The van der Waals surface area contributed by atoms with Crippen LogP contribution in [0.1, 0.15) is 26.3 Å². The first-order valence-electron chi connectivity index (χ1n) is 5.59. The molecule has 0 aliphatic heterocycles. The number of nitrogens with one attached hydrogen (secondary N) is 1. The summed E-state index contributed by atoms with van der Waals surface area (Å²) in [7, 11) is 0. The van der Waals surface area contributed by atoms with Crippen LogP contribution in [0.2, 0.25) is 0 Å². The number of carbonyl (C=O) groups excluding carboxylic acids is 1. The van der Waals surface area contributed by atoms with Gasteiger partial charge in [0.2, 0.25) is 0 Å². The van der Waals surface area contributed by atoms with Crippen molar-refractivity contribution in [2.75, 3.05) is 0 Å². The Kier molecular flexibility index (Phi) is 4.42. The number of carbonyl (C=O) groups is 1. The molecule has 6 nitrogen and oxygen atoms in total. The van der Waals surface area contributed by atoms with Crippen LogP contribution >= 0.6 is 0 Å². The number of nitrogens with zero attached hydrogens (tertiary/aromatic N) is 1. The summed E-state index contributed by atoms with van der Waals surface area (Å²) in [6.45, 7) is 5.02. The van der Waals surface area contributed by atoms with E-state index in [1.54, 1.807) is 20.8 Å². The molecule has 104 valence electrons. The van der Waals surface area contributed by atoms with Crippen LogP contribution in [0, 0.1) is 15.9 Å². The number of non-ortho nitro benzene ring substituents is 1. The molecule has 7 heteroatoms. The average Bonchev–Trinajstić information content (AvgIpc) is 2.24. The van der Waals surface area contributed by atoms with Gasteiger partial charge in [-0.25, -0.2) is 9.18 Å². The number of benzene rings is 1. The molecule has 0 atom stereocenters. The van der Waals surface area contributed by atoms with Gasteiger partial charge in [0.15, 0.2) is 0 Å². The van der Waals surface area contributed by atoms with Crippen molar-refractivity contribution in [3.8, 4) is 0 Å². The Morgan fingerprint density at radius 1 is 1.47 bits per heavy atom. The molecule has 0 aliphatic rings. The number of nitro benzene ring substituents is 1. The summed E-state index contributed by atoms with van der Waals surface area (Å²) in [4.78, 5) is 21.1. The normalized spacial score (nSPS) is 10.9. The zero-order valence-electron chi connectivity index (χ0n) is 10.9. The Labute approximate surface area is 109 Å². The molecule has 0 bridgehead atoms. The first-order chi connectivity index (χ1) is 8.69. The van der Waals surface area contributed by atoms with E-state index in [0.29, 0.717) is 0 Å². The largest absolute Gasteiger partial charge is 0.444 e. The molecule has 1 aromatic carbocycles. The highest BCUT2D eigenvalue weighted by atomic mass is 19.1. The van der Waals surface area contributed by atoms with Crippen LogP contribution in [0.25, 0.3) is 0 Å². The molecular weight excluding hydrogens is 255 g/mol. The van der Waals surface area contributed by atoms with Crippen LogP contribution in [-0.2, 0) is 11.3 Å². The number of halogens is 1. The summed E-state index contributed by atoms with van der Waals surface area (Å²) in [5, 5.41) is 12.8. The second-order valence-electron chi connectivity index (χ2n) is 4.89. The molecular formula is C12H15FN2O4. The lowest BCUT2D eigenvalue weighted by atomic mass is 10.2. The third-order valence-corrected chi connectivity index (χ3v) is 2.07. The molecule has 1 N–H and O–H groups in total. The molecule has 19 heavy (non-hydrogen) atoms. The number of amides is 1. The van der Waals surface area contributed by atoms with Gasteiger partial charge in [0.05, 0.1) is 11.0 Å². The monoisotopic (exact) mass is 270 g/mol. The molecule has 0 fully saturated rings. The molecule has 0 unspecified atom stereocenters. The van der Waals surface area contributed by atoms with Crippen molar-refractivity contribution < 1.29 is 18.8 Å². The summed E-state index contributed by atoms with van der Waals surface area (Å²) in [6.07, 6.45) is -0.676. The minimum absolute atomic E-state index is 0.0985. The predicted molar refractivity (Wildman–Crippen MR) is 66.1 cm³/mol. The lowest BCUT2D eigenvalue weighted by Gasteiger charge is -2.19. The standard InChI is InChI=1S/C12H15FN2O4/c1-12(2,3)19-11(16)14-7-8-4-5-9(15(17)18)6-10(8)13/h4-6H,7H2,1-3H3,(H,14,16). The molecule has 0 spiro atoms. The SMILES string of the molecule is CC(C)(C)OC(=O)NCc1ccc([N+](=O)[O-])cc1F.